The molecule has 2 atom stereocenters. The second-order valence-corrected chi connectivity index (χ2v) is 1.66. The Balaban J connectivity index is 2.20. The zero-order valence-corrected chi connectivity index (χ0v) is 3.15. The lowest BCUT2D eigenvalue weighted by atomic mass is 10.7. The minimum absolute atomic E-state index is 0.440. The summed E-state index contributed by atoms with van der Waals surface area (Å²) in [5, 5.41) is 0. The molecule has 0 radical (unpaired) electrons. The first-order chi connectivity index (χ1) is 2.30. The van der Waals surface area contributed by atoms with Gasteiger partial charge in [0.25, 0.3) is 0 Å². The van der Waals surface area contributed by atoms with Crippen LogP contribution in [0, 0.1) is 0 Å². The second kappa shape index (κ2) is 0.698. The van der Waals surface area contributed by atoms with E-state index in [0.717, 1.165) is 6.42 Å². The van der Waals surface area contributed by atoms with E-state index < -0.39 is 0 Å². The fourth-order valence-corrected chi connectivity index (χ4v) is 0.271. The summed E-state index contributed by atoms with van der Waals surface area (Å²) in [6.07, 6.45) is 1.14. The Morgan fingerprint density at radius 3 is 2.00 bits per heavy atom. The first-order valence-electron chi connectivity index (χ1n) is 1.89. The minimum Gasteiger partial charge on any atom is -0.354 e. The highest BCUT2D eigenvalue weighted by molar-refractivity contribution is 4.87. The van der Waals surface area contributed by atoms with Crippen LogP contribution in [0.2, 0.25) is 0 Å². The molecular formula is C3H9N2+. The Hall–Kier alpha value is -0.0800. The summed E-state index contributed by atoms with van der Waals surface area (Å²) in [6.45, 7) is 0. The van der Waals surface area contributed by atoms with Crippen molar-refractivity contribution in [2.75, 3.05) is 0 Å². The summed E-state index contributed by atoms with van der Waals surface area (Å²) in [5.41, 5.74) is 9.01. The summed E-state index contributed by atoms with van der Waals surface area (Å²) in [5.74, 6) is 0. The Kier molecular flexibility index (Phi) is 0.436. The highest BCUT2D eigenvalue weighted by Crippen LogP contribution is 2.10. The van der Waals surface area contributed by atoms with Crippen molar-refractivity contribution in [1.82, 2.24) is 0 Å². The third kappa shape index (κ3) is 0.412. The van der Waals surface area contributed by atoms with Crippen LogP contribution in [0.25, 0.3) is 0 Å². The predicted octanol–water partition coefficient (Wildman–Crippen LogP) is -1.67. The molecule has 0 aliphatic heterocycles. The van der Waals surface area contributed by atoms with E-state index in [0.29, 0.717) is 12.1 Å². The first kappa shape index (κ1) is 3.12. The maximum atomic E-state index is 5.30. The lowest BCUT2D eigenvalue weighted by molar-refractivity contribution is -0.386. The van der Waals surface area contributed by atoms with Crippen molar-refractivity contribution < 1.29 is 5.73 Å². The molecule has 1 aliphatic rings. The van der Waals surface area contributed by atoms with Gasteiger partial charge in [-0.3, -0.25) is 0 Å². The second-order valence-electron chi connectivity index (χ2n) is 1.66. The van der Waals surface area contributed by atoms with Gasteiger partial charge in [0.15, 0.2) is 0 Å². The van der Waals surface area contributed by atoms with Gasteiger partial charge in [0.1, 0.15) is 6.04 Å². The van der Waals surface area contributed by atoms with Gasteiger partial charge in [-0.15, -0.1) is 0 Å². The topological polar surface area (TPSA) is 53.7 Å². The van der Waals surface area contributed by atoms with Gasteiger partial charge in [0.2, 0.25) is 0 Å². The first-order valence-corrected chi connectivity index (χ1v) is 1.89. The molecule has 1 fully saturated rings. The molecule has 30 valence electrons. The van der Waals surface area contributed by atoms with Crippen molar-refractivity contribution in [3.8, 4) is 0 Å². The highest BCUT2D eigenvalue weighted by Gasteiger charge is 2.33. The van der Waals surface area contributed by atoms with Crippen LogP contribution in [0.15, 0.2) is 0 Å². The third-order valence-electron chi connectivity index (χ3n) is 0.977. The van der Waals surface area contributed by atoms with E-state index in [4.69, 9.17) is 5.73 Å². The molecule has 5 heavy (non-hydrogen) atoms. The molecule has 0 amide bonds. The standard InChI is InChI=1S/C3H8N2/c4-2-1-3(2)5/h2-3H,1,4-5H2/p+1/t2-,3-/m1/s1. The lowest BCUT2D eigenvalue weighted by Crippen LogP contribution is -2.55. The van der Waals surface area contributed by atoms with Gasteiger partial charge in [0, 0.05) is 6.42 Å². The maximum absolute atomic E-state index is 5.30. The van der Waals surface area contributed by atoms with Gasteiger partial charge in [-0.25, -0.2) is 0 Å². The number of hydrogen-bond donors (Lipinski definition) is 2. The monoisotopic (exact) mass is 73.1 g/mol. The van der Waals surface area contributed by atoms with Crippen LogP contribution in [-0.2, 0) is 0 Å². The van der Waals surface area contributed by atoms with E-state index in [1.54, 1.807) is 0 Å². The van der Waals surface area contributed by atoms with Crippen molar-refractivity contribution in [1.29, 1.82) is 0 Å². The Labute approximate surface area is 31.1 Å². The zero-order valence-electron chi connectivity index (χ0n) is 3.15. The van der Waals surface area contributed by atoms with Crippen molar-refractivity contribution in [2.45, 2.75) is 18.5 Å². The molecule has 0 aromatic rings. The molecule has 0 spiro atoms. The SMILES string of the molecule is N[C@@H]1C[C@H]1[NH3+]. The van der Waals surface area contributed by atoms with Gasteiger partial charge in [0.05, 0.1) is 6.04 Å². The van der Waals surface area contributed by atoms with Crippen molar-refractivity contribution in [2.24, 2.45) is 5.73 Å². The largest absolute Gasteiger partial charge is 0.354 e. The predicted molar refractivity (Wildman–Crippen MR) is 19.3 cm³/mol. The summed E-state index contributed by atoms with van der Waals surface area (Å²) >= 11 is 0. The minimum atomic E-state index is 0.440. The summed E-state index contributed by atoms with van der Waals surface area (Å²) < 4.78 is 0. The highest BCUT2D eigenvalue weighted by atomic mass is 14.9. The average Bonchev–Trinajstić information content (AvgIpc) is 1.79. The van der Waals surface area contributed by atoms with Crippen LogP contribution in [0.3, 0.4) is 0 Å². The molecule has 0 aromatic carbocycles. The third-order valence-corrected chi connectivity index (χ3v) is 0.977. The fourth-order valence-electron chi connectivity index (χ4n) is 0.271. The number of hydrogen-bond acceptors (Lipinski definition) is 1. The summed E-state index contributed by atoms with van der Waals surface area (Å²) in [7, 11) is 0. The zero-order chi connectivity index (χ0) is 3.86. The molecule has 2 heteroatoms. The Morgan fingerprint density at radius 2 is 2.00 bits per heavy atom. The van der Waals surface area contributed by atoms with E-state index in [1.165, 1.54) is 0 Å². The number of rotatable bonds is 0. The molecule has 1 rings (SSSR count). The van der Waals surface area contributed by atoms with E-state index in [2.05, 4.69) is 5.73 Å². The van der Waals surface area contributed by atoms with Crippen molar-refractivity contribution in [3.05, 3.63) is 0 Å². The molecule has 0 bridgehead atoms. The van der Waals surface area contributed by atoms with Crippen LogP contribution in [-0.4, -0.2) is 12.1 Å². The van der Waals surface area contributed by atoms with E-state index in [-0.39, 0.29) is 0 Å². The summed E-state index contributed by atoms with van der Waals surface area (Å²) in [4.78, 5) is 0. The van der Waals surface area contributed by atoms with Gasteiger partial charge < -0.3 is 11.5 Å². The van der Waals surface area contributed by atoms with Crippen LogP contribution in [0.5, 0.6) is 0 Å². The van der Waals surface area contributed by atoms with E-state index in [9.17, 15) is 0 Å². The normalized spacial score (nSPS) is 49.2. The van der Waals surface area contributed by atoms with Crippen LogP contribution < -0.4 is 11.5 Å². The Bertz CT molecular complexity index is 38.2. The van der Waals surface area contributed by atoms with E-state index in [1.807, 2.05) is 0 Å². The lowest BCUT2D eigenvalue weighted by Gasteiger charge is -1.67. The van der Waals surface area contributed by atoms with Crippen molar-refractivity contribution >= 4 is 0 Å². The molecule has 5 N–H and O–H groups in total. The van der Waals surface area contributed by atoms with Crippen LogP contribution in [0.4, 0.5) is 0 Å². The molecule has 0 saturated heterocycles. The maximum Gasteiger partial charge on any atom is 0.102 e. The quantitative estimate of drug-likeness (QED) is 0.354. The average molecular weight is 73.1 g/mol. The molecular weight excluding hydrogens is 64.0 g/mol. The molecule has 0 unspecified atom stereocenters. The van der Waals surface area contributed by atoms with Gasteiger partial charge in [-0.2, -0.15) is 0 Å². The van der Waals surface area contributed by atoms with Gasteiger partial charge in [-0.05, 0) is 0 Å². The fraction of sp³-hybridized carbons (Fsp3) is 1.00. The smallest absolute Gasteiger partial charge is 0.102 e. The van der Waals surface area contributed by atoms with Gasteiger partial charge in [-0.1, -0.05) is 0 Å². The molecule has 2 nitrogen and oxygen atoms in total. The van der Waals surface area contributed by atoms with Crippen LogP contribution >= 0.6 is 0 Å². The Morgan fingerprint density at radius 1 is 1.80 bits per heavy atom. The van der Waals surface area contributed by atoms with Crippen LogP contribution in [0.1, 0.15) is 6.42 Å². The molecule has 0 heterocycles. The van der Waals surface area contributed by atoms with Gasteiger partial charge >= 0.3 is 0 Å². The molecule has 1 saturated carbocycles. The number of nitrogens with two attached hydrogens (primary N) is 1. The van der Waals surface area contributed by atoms with E-state index >= 15 is 0 Å². The number of quaternary nitrogens is 1. The summed E-state index contributed by atoms with van der Waals surface area (Å²) in [6, 6.07) is 1.02. The van der Waals surface area contributed by atoms with Crippen molar-refractivity contribution in [3.63, 3.8) is 0 Å². The molecule has 0 aromatic heterocycles. The molecule has 1 aliphatic carbocycles.